The van der Waals surface area contributed by atoms with Gasteiger partial charge in [-0.3, -0.25) is 0 Å². The van der Waals surface area contributed by atoms with Crippen LogP contribution in [0.15, 0.2) is 24.0 Å². The van der Waals surface area contributed by atoms with E-state index in [9.17, 15) is 0 Å². The van der Waals surface area contributed by atoms with Crippen molar-refractivity contribution >= 4 is 16.3 Å². The molecular weight excluding hydrogens is 182 g/mol. The summed E-state index contributed by atoms with van der Waals surface area (Å²) in [4.78, 5) is 8.10. The minimum Gasteiger partial charge on any atom is -0.391 e. The average Bonchev–Trinajstić information content (AvgIpc) is 2.53. The van der Waals surface area contributed by atoms with Crippen LogP contribution in [0.3, 0.4) is 0 Å². The monoisotopic (exact) mass is 191 g/mol. The van der Waals surface area contributed by atoms with Gasteiger partial charge in [-0.2, -0.15) is 0 Å². The Kier molecular flexibility index (Phi) is 1.98. The molecule has 2 aromatic heterocycles. The zero-order valence-electron chi connectivity index (χ0n) is 7.19. The normalized spacial score (nSPS) is 10.2. The molecule has 0 radical (unpaired) electrons. The molecule has 0 saturated heterocycles. The van der Waals surface area contributed by atoms with Crippen molar-refractivity contribution in [3.8, 4) is 11.1 Å². The molecule has 13 heavy (non-hydrogen) atoms. The summed E-state index contributed by atoms with van der Waals surface area (Å²) >= 11 is 1.53. The molecule has 0 aliphatic rings. The SMILES string of the molecule is Cc1ncncc1-c1csc(N)c1. The number of hydrogen-bond acceptors (Lipinski definition) is 4. The second-order valence-corrected chi connectivity index (χ2v) is 3.70. The Morgan fingerprint density at radius 1 is 1.46 bits per heavy atom. The number of aryl methyl sites for hydroxylation is 1. The molecule has 3 nitrogen and oxygen atoms in total. The largest absolute Gasteiger partial charge is 0.391 e. The standard InChI is InChI=1S/C9H9N3S/c1-6-8(3-11-5-12-6)7-2-9(10)13-4-7/h2-5H,10H2,1H3. The van der Waals surface area contributed by atoms with E-state index in [0.29, 0.717) is 0 Å². The zero-order valence-corrected chi connectivity index (χ0v) is 8.01. The van der Waals surface area contributed by atoms with Crippen molar-refractivity contribution in [2.24, 2.45) is 0 Å². The van der Waals surface area contributed by atoms with Gasteiger partial charge in [-0.1, -0.05) is 0 Å². The highest BCUT2D eigenvalue weighted by molar-refractivity contribution is 7.14. The summed E-state index contributed by atoms with van der Waals surface area (Å²) in [7, 11) is 0. The van der Waals surface area contributed by atoms with E-state index in [1.165, 1.54) is 11.3 Å². The number of nitrogens with two attached hydrogens (primary N) is 1. The number of rotatable bonds is 1. The fraction of sp³-hybridized carbons (Fsp3) is 0.111. The Bertz CT molecular complexity index is 422. The lowest BCUT2D eigenvalue weighted by Crippen LogP contribution is -1.87. The van der Waals surface area contributed by atoms with Crippen molar-refractivity contribution in [2.75, 3.05) is 5.73 Å². The minimum absolute atomic E-state index is 0.818. The number of nitrogen functional groups attached to an aromatic ring is 1. The van der Waals surface area contributed by atoms with Gasteiger partial charge in [-0.15, -0.1) is 11.3 Å². The molecule has 4 heteroatoms. The van der Waals surface area contributed by atoms with Gasteiger partial charge in [0.25, 0.3) is 0 Å². The van der Waals surface area contributed by atoms with E-state index in [-0.39, 0.29) is 0 Å². The van der Waals surface area contributed by atoms with Crippen LogP contribution in [0.5, 0.6) is 0 Å². The molecule has 0 amide bonds. The van der Waals surface area contributed by atoms with Crippen molar-refractivity contribution in [1.82, 2.24) is 9.97 Å². The summed E-state index contributed by atoms with van der Waals surface area (Å²) in [5.74, 6) is 0. The number of hydrogen-bond donors (Lipinski definition) is 1. The molecule has 2 heterocycles. The fourth-order valence-corrected chi connectivity index (χ4v) is 1.82. The average molecular weight is 191 g/mol. The Morgan fingerprint density at radius 3 is 2.92 bits per heavy atom. The summed E-state index contributed by atoms with van der Waals surface area (Å²) in [5.41, 5.74) is 8.77. The summed E-state index contributed by atoms with van der Waals surface area (Å²) in [5, 5.41) is 2.83. The summed E-state index contributed by atoms with van der Waals surface area (Å²) in [6, 6.07) is 1.94. The van der Waals surface area contributed by atoms with Crippen molar-refractivity contribution in [1.29, 1.82) is 0 Å². The first-order chi connectivity index (χ1) is 6.27. The van der Waals surface area contributed by atoms with Gasteiger partial charge in [-0.05, 0) is 18.6 Å². The van der Waals surface area contributed by atoms with Gasteiger partial charge in [0, 0.05) is 22.8 Å². The maximum atomic E-state index is 5.64. The van der Waals surface area contributed by atoms with Crippen LogP contribution in [0.1, 0.15) is 5.69 Å². The molecule has 0 aliphatic heterocycles. The summed E-state index contributed by atoms with van der Waals surface area (Å²) in [6.45, 7) is 1.96. The molecule has 0 aliphatic carbocycles. The molecule has 66 valence electrons. The lowest BCUT2D eigenvalue weighted by Gasteiger charge is -1.99. The van der Waals surface area contributed by atoms with Crippen LogP contribution in [0.25, 0.3) is 11.1 Å². The topological polar surface area (TPSA) is 51.8 Å². The lowest BCUT2D eigenvalue weighted by molar-refractivity contribution is 1.11. The fourth-order valence-electron chi connectivity index (χ4n) is 1.17. The molecule has 0 unspecified atom stereocenters. The van der Waals surface area contributed by atoms with Gasteiger partial charge < -0.3 is 5.73 Å². The molecule has 2 rings (SSSR count). The molecule has 0 bridgehead atoms. The highest BCUT2D eigenvalue weighted by Crippen LogP contribution is 2.27. The van der Waals surface area contributed by atoms with Crippen molar-refractivity contribution in [3.63, 3.8) is 0 Å². The molecular formula is C9H9N3S. The molecule has 0 saturated carbocycles. The summed E-state index contributed by atoms with van der Waals surface area (Å²) < 4.78 is 0. The minimum atomic E-state index is 0.818. The highest BCUT2D eigenvalue weighted by atomic mass is 32.1. The first-order valence-corrected chi connectivity index (χ1v) is 4.76. The van der Waals surface area contributed by atoms with Crippen LogP contribution >= 0.6 is 11.3 Å². The van der Waals surface area contributed by atoms with Gasteiger partial charge in [-0.25, -0.2) is 9.97 Å². The smallest absolute Gasteiger partial charge is 0.115 e. The van der Waals surface area contributed by atoms with Gasteiger partial charge in [0.15, 0.2) is 0 Å². The van der Waals surface area contributed by atoms with E-state index in [2.05, 4.69) is 9.97 Å². The number of thiophene rings is 1. The quantitative estimate of drug-likeness (QED) is 0.751. The second kappa shape index (κ2) is 3.14. The van der Waals surface area contributed by atoms with Crippen LogP contribution in [-0.4, -0.2) is 9.97 Å². The van der Waals surface area contributed by atoms with E-state index in [1.54, 1.807) is 6.33 Å². The van der Waals surface area contributed by atoms with Crippen LogP contribution in [0.4, 0.5) is 5.00 Å². The zero-order chi connectivity index (χ0) is 9.26. The number of nitrogens with zero attached hydrogens (tertiary/aromatic N) is 2. The van der Waals surface area contributed by atoms with Crippen molar-refractivity contribution in [2.45, 2.75) is 6.92 Å². The predicted octanol–water partition coefficient (Wildman–Crippen LogP) is 2.10. The van der Waals surface area contributed by atoms with Gasteiger partial charge in [0.05, 0.1) is 5.00 Å². The summed E-state index contributed by atoms with van der Waals surface area (Å²) in [6.07, 6.45) is 3.36. The highest BCUT2D eigenvalue weighted by Gasteiger charge is 2.03. The first kappa shape index (κ1) is 8.19. The van der Waals surface area contributed by atoms with Crippen LogP contribution in [0.2, 0.25) is 0 Å². The van der Waals surface area contributed by atoms with Crippen molar-refractivity contribution < 1.29 is 0 Å². The molecule has 0 fully saturated rings. The van der Waals surface area contributed by atoms with E-state index >= 15 is 0 Å². The van der Waals surface area contributed by atoms with E-state index in [1.807, 2.05) is 24.6 Å². The Labute approximate surface area is 80.3 Å². The third-order valence-corrected chi connectivity index (χ3v) is 2.60. The maximum absolute atomic E-state index is 5.64. The Balaban J connectivity index is 2.52. The maximum Gasteiger partial charge on any atom is 0.115 e. The predicted molar refractivity (Wildman–Crippen MR) is 54.5 cm³/mol. The molecule has 0 spiro atoms. The van der Waals surface area contributed by atoms with Crippen LogP contribution in [-0.2, 0) is 0 Å². The Hall–Kier alpha value is -1.42. The third kappa shape index (κ3) is 1.53. The molecule has 2 aromatic rings. The van der Waals surface area contributed by atoms with Crippen molar-refractivity contribution in [3.05, 3.63) is 29.7 Å². The first-order valence-electron chi connectivity index (χ1n) is 3.88. The Morgan fingerprint density at radius 2 is 2.31 bits per heavy atom. The molecule has 0 atom stereocenters. The van der Waals surface area contributed by atoms with Crippen LogP contribution < -0.4 is 5.73 Å². The second-order valence-electron chi connectivity index (χ2n) is 2.76. The number of anilines is 1. The van der Waals surface area contributed by atoms with E-state index in [4.69, 9.17) is 5.73 Å². The van der Waals surface area contributed by atoms with E-state index in [0.717, 1.165) is 21.8 Å². The van der Waals surface area contributed by atoms with Gasteiger partial charge in [0.1, 0.15) is 6.33 Å². The third-order valence-electron chi connectivity index (χ3n) is 1.84. The van der Waals surface area contributed by atoms with E-state index < -0.39 is 0 Å². The van der Waals surface area contributed by atoms with Gasteiger partial charge in [0.2, 0.25) is 0 Å². The molecule has 2 N–H and O–H groups in total. The lowest BCUT2D eigenvalue weighted by atomic mass is 10.1. The number of aromatic nitrogens is 2. The van der Waals surface area contributed by atoms with Gasteiger partial charge >= 0.3 is 0 Å². The molecule has 0 aromatic carbocycles. The van der Waals surface area contributed by atoms with Crippen LogP contribution in [0, 0.1) is 6.92 Å².